The van der Waals surface area contributed by atoms with Crippen molar-refractivity contribution in [3.05, 3.63) is 59.4 Å². The van der Waals surface area contributed by atoms with Gasteiger partial charge in [0, 0.05) is 5.69 Å². The summed E-state index contributed by atoms with van der Waals surface area (Å²) in [6.07, 6.45) is 1.69. The maximum Gasteiger partial charge on any atom is 0.123 e. The van der Waals surface area contributed by atoms with Crippen molar-refractivity contribution in [1.82, 2.24) is 0 Å². The van der Waals surface area contributed by atoms with Gasteiger partial charge in [0.25, 0.3) is 0 Å². The Balaban J connectivity index is 1.97. The van der Waals surface area contributed by atoms with E-state index in [2.05, 4.69) is 5.32 Å². The number of hydrogen-bond donors (Lipinski definition) is 2. The second-order valence-corrected chi connectivity index (χ2v) is 5.40. The molecule has 1 aliphatic carbocycles. The number of aliphatic hydroxyl groups excluding tert-OH is 1. The summed E-state index contributed by atoms with van der Waals surface area (Å²) < 4.78 is 18.3. The van der Waals surface area contributed by atoms with Crippen LogP contribution in [-0.4, -0.2) is 18.8 Å². The zero-order valence-corrected chi connectivity index (χ0v) is 11.9. The molecule has 0 aliphatic heterocycles. The molecule has 0 fully saturated rings. The standard InChI is InChI=1S/C17H18FNO2/c1-21-15-7-2-12-8-9-17(11-20,16(12)10-15)19-14-5-3-13(18)4-6-14/h2-7,10,19-20H,8-9,11H2,1H3. The molecule has 2 aromatic carbocycles. The third kappa shape index (κ3) is 2.47. The van der Waals surface area contributed by atoms with Crippen LogP contribution in [0.5, 0.6) is 5.75 Å². The van der Waals surface area contributed by atoms with Crippen molar-refractivity contribution in [1.29, 1.82) is 0 Å². The maximum absolute atomic E-state index is 13.0. The van der Waals surface area contributed by atoms with E-state index in [4.69, 9.17) is 4.74 Å². The molecule has 1 aliphatic rings. The van der Waals surface area contributed by atoms with E-state index in [1.54, 1.807) is 19.2 Å². The average molecular weight is 287 g/mol. The number of fused-ring (bicyclic) bond motifs is 1. The highest BCUT2D eigenvalue weighted by Crippen LogP contribution is 2.41. The highest BCUT2D eigenvalue weighted by molar-refractivity contribution is 5.53. The molecule has 0 radical (unpaired) electrons. The summed E-state index contributed by atoms with van der Waals surface area (Å²) in [5, 5.41) is 13.3. The van der Waals surface area contributed by atoms with Gasteiger partial charge in [-0.1, -0.05) is 6.07 Å². The van der Waals surface area contributed by atoms with Crippen molar-refractivity contribution >= 4 is 5.69 Å². The molecule has 0 bridgehead atoms. The summed E-state index contributed by atoms with van der Waals surface area (Å²) in [7, 11) is 1.63. The fraction of sp³-hybridized carbons (Fsp3) is 0.294. The summed E-state index contributed by atoms with van der Waals surface area (Å²) in [5.41, 5.74) is 2.51. The molecule has 3 nitrogen and oxygen atoms in total. The van der Waals surface area contributed by atoms with E-state index >= 15 is 0 Å². The lowest BCUT2D eigenvalue weighted by molar-refractivity contribution is 0.211. The molecule has 2 N–H and O–H groups in total. The molecule has 21 heavy (non-hydrogen) atoms. The lowest BCUT2D eigenvalue weighted by atomic mass is 9.92. The number of aryl methyl sites for hydroxylation is 1. The first-order valence-corrected chi connectivity index (χ1v) is 6.99. The predicted molar refractivity (Wildman–Crippen MR) is 80.1 cm³/mol. The molecule has 2 aromatic rings. The number of aliphatic hydroxyl groups is 1. The van der Waals surface area contributed by atoms with Crippen LogP contribution in [0.2, 0.25) is 0 Å². The second kappa shape index (κ2) is 5.37. The van der Waals surface area contributed by atoms with Gasteiger partial charge in [0.15, 0.2) is 0 Å². The molecule has 110 valence electrons. The van der Waals surface area contributed by atoms with Crippen LogP contribution in [-0.2, 0) is 12.0 Å². The minimum Gasteiger partial charge on any atom is -0.497 e. The van der Waals surface area contributed by atoms with Crippen molar-refractivity contribution in [3.8, 4) is 5.75 Å². The molecule has 0 saturated heterocycles. The largest absolute Gasteiger partial charge is 0.497 e. The third-order valence-electron chi connectivity index (χ3n) is 4.15. The van der Waals surface area contributed by atoms with Crippen LogP contribution in [0.3, 0.4) is 0 Å². The van der Waals surface area contributed by atoms with Crippen LogP contribution >= 0.6 is 0 Å². The molecule has 0 spiro atoms. The Labute approximate surface area is 123 Å². The molecule has 0 amide bonds. The van der Waals surface area contributed by atoms with Gasteiger partial charge in [-0.2, -0.15) is 0 Å². The van der Waals surface area contributed by atoms with E-state index in [0.717, 1.165) is 29.8 Å². The Bertz CT molecular complexity index is 642. The van der Waals surface area contributed by atoms with Gasteiger partial charge < -0.3 is 15.2 Å². The zero-order valence-electron chi connectivity index (χ0n) is 11.9. The summed E-state index contributed by atoms with van der Waals surface area (Å²) in [6, 6.07) is 12.1. The fourth-order valence-electron chi connectivity index (χ4n) is 2.97. The van der Waals surface area contributed by atoms with Crippen LogP contribution in [0, 0.1) is 5.82 Å². The maximum atomic E-state index is 13.0. The summed E-state index contributed by atoms with van der Waals surface area (Å²) >= 11 is 0. The normalized spacial score (nSPS) is 20.1. The molecule has 0 heterocycles. The lowest BCUT2D eigenvalue weighted by Gasteiger charge is -2.31. The van der Waals surface area contributed by atoms with Crippen LogP contribution in [0.4, 0.5) is 10.1 Å². The van der Waals surface area contributed by atoms with Crippen molar-refractivity contribution in [2.45, 2.75) is 18.4 Å². The number of nitrogens with one attached hydrogen (secondary N) is 1. The molecule has 1 unspecified atom stereocenters. The van der Waals surface area contributed by atoms with Gasteiger partial charge in [-0.3, -0.25) is 0 Å². The van der Waals surface area contributed by atoms with Gasteiger partial charge in [0.1, 0.15) is 11.6 Å². The topological polar surface area (TPSA) is 41.5 Å². The van der Waals surface area contributed by atoms with Gasteiger partial charge >= 0.3 is 0 Å². The van der Waals surface area contributed by atoms with Crippen LogP contribution < -0.4 is 10.1 Å². The van der Waals surface area contributed by atoms with Gasteiger partial charge in [0.05, 0.1) is 19.3 Å². The Morgan fingerprint density at radius 1 is 1.24 bits per heavy atom. The Morgan fingerprint density at radius 2 is 2.00 bits per heavy atom. The quantitative estimate of drug-likeness (QED) is 0.908. The number of methoxy groups -OCH3 is 1. The van der Waals surface area contributed by atoms with Crippen molar-refractivity contribution in [2.24, 2.45) is 0 Å². The Hall–Kier alpha value is -2.07. The Morgan fingerprint density at radius 3 is 2.67 bits per heavy atom. The fourth-order valence-corrected chi connectivity index (χ4v) is 2.97. The van der Waals surface area contributed by atoms with Crippen LogP contribution in [0.25, 0.3) is 0 Å². The monoisotopic (exact) mass is 287 g/mol. The molecule has 3 rings (SSSR count). The second-order valence-electron chi connectivity index (χ2n) is 5.40. The van der Waals surface area contributed by atoms with E-state index in [0.29, 0.717) is 0 Å². The van der Waals surface area contributed by atoms with Crippen molar-refractivity contribution in [3.63, 3.8) is 0 Å². The van der Waals surface area contributed by atoms with Crippen LogP contribution in [0.1, 0.15) is 17.5 Å². The van der Waals surface area contributed by atoms with Gasteiger partial charge in [-0.25, -0.2) is 4.39 Å². The first kappa shape index (κ1) is 13.9. The molecule has 4 heteroatoms. The smallest absolute Gasteiger partial charge is 0.123 e. The molecule has 0 aromatic heterocycles. The third-order valence-corrected chi connectivity index (χ3v) is 4.15. The number of hydrogen-bond acceptors (Lipinski definition) is 3. The Kier molecular flexibility index (Phi) is 3.55. The number of ether oxygens (including phenoxy) is 1. The first-order valence-electron chi connectivity index (χ1n) is 6.99. The predicted octanol–water partition coefficient (Wildman–Crippen LogP) is 3.08. The lowest BCUT2D eigenvalue weighted by Crippen LogP contribution is -2.36. The van der Waals surface area contributed by atoms with Gasteiger partial charge in [0.2, 0.25) is 0 Å². The average Bonchev–Trinajstić information content (AvgIpc) is 2.88. The number of halogens is 1. The van der Waals surface area contributed by atoms with Gasteiger partial charge in [-0.15, -0.1) is 0 Å². The van der Waals surface area contributed by atoms with Crippen molar-refractivity contribution < 1.29 is 14.2 Å². The van der Waals surface area contributed by atoms with E-state index in [9.17, 15) is 9.50 Å². The number of anilines is 1. The highest BCUT2D eigenvalue weighted by atomic mass is 19.1. The van der Waals surface area contributed by atoms with E-state index in [-0.39, 0.29) is 12.4 Å². The SMILES string of the molecule is COc1ccc2c(c1)C(CO)(Nc1ccc(F)cc1)CC2. The molecular weight excluding hydrogens is 269 g/mol. The van der Waals surface area contributed by atoms with Crippen LogP contribution in [0.15, 0.2) is 42.5 Å². The number of rotatable bonds is 4. The summed E-state index contributed by atoms with van der Waals surface area (Å²) in [6.45, 7) is -0.0233. The molecule has 0 saturated carbocycles. The highest BCUT2D eigenvalue weighted by Gasteiger charge is 2.38. The molecule has 1 atom stereocenters. The summed E-state index contributed by atoms with van der Waals surface area (Å²) in [4.78, 5) is 0. The van der Waals surface area contributed by atoms with Crippen molar-refractivity contribution in [2.75, 3.05) is 19.0 Å². The summed E-state index contributed by atoms with van der Waals surface area (Å²) in [5.74, 6) is 0.501. The van der Waals surface area contributed by atoms with E-state index in [1.807, 2.05) is 18.2 Å². The zero-order chi connectivity index (χ0) is 14.9. The first-order chi connectivity index (χ1) is 10.2. The minimum absolute atomic E-state index is 0.0233. The minimum atomic E-state index is -0.540. The van der Waals surface area contributed by atoms with E-state index in [1.165, 1.54) is 17.7 Å². The number of benzene rings is 2. The van der Waals surface area contributed by atoms with E-state index < -0.39 is 5.54 Å². The van der Waals surface area contributed by atoms with Gasteiger partial charge in [-0.05, 0) is 60.4 Å². The molecular formula is C17H18FNO2.